The van der Waals surface area contributed by atoms with Crippen LogP contribution in [0.5, 0.6) is 0 Å². The molecule has 0 aliphatic carbocycles. The third kappa shape index (κ3) is 4.96. The van der Waals surface area contributed by atoms with Crippen LogP contribution in [-0.2, 0) is 19.6 Å². The first-order valence-electron chi connectivity index (χ1n) is 8.94. The summed E-state index contributed by atoms with van der Waals surface area (Å²) in [6.07, 6.45) is 0. The fraction of sp³-hybridized carbons (Fsp3) is 0.263. The Balaban J connectivity index is 1.84. The summed E-state index contributed by atoms with van der Waals surface area (Å²) in [5, 5.41) is 5.12. The number of halogens is 2. The number of sulfonamides is 1. The molecule has 0 atom stereocenters. The van der Waals surface area contributed by atoms with Crippen molar-refractivity contribution in [2.45, 2.75) is 11.8 Å². The molecule has 3 rings (SSSR count). The number of rotatable bonds is 5. The molecule has 1 saturated heterocycles. The zero-order valence-corrected chi connectivity index (χ0v) is 17.5. The lowest BCUT2D eigenvalue weighted by Crippen LogP contribution is -2.40. The van der Waals surface area contributed by atoms with E-state index in [0.717, 1.165) is 18.2 Å². The van der Waals surface area contributed by atoms with E-state index in [1.165, 1.54) is 29.4 Å². The van der Waals surface area contributed by atoms with E-state index in [2.05, 4.69) is 10.6 Å². The van der Waals surface area contributed by atoms with Crippen LogP contribution in [-0.4, -0.2) is 50.8 Å². The standard InChI is InChI=1S/C19H19ClFN3O5S/c1-12(25)22-13-2-5-18(16(20)10-13)23-19(26)15-11-14(3-4-17(15)21)30(27,28)24-6-8-29-9-7-24/h2-5,10-11H,6-9H2,1H3,(H,22,25)(H,23,26). The van der Waals surface area contributed by atoms with Crippen LogP contribution in [0.4, 0.5) is 15.8 Å². The molecule has 8 nitrogen and oxygen atoms in total. The third-order valence-electron chi connectivity index (χ3n) is 4.33. The second-order valence-electron chi connectivity index (χ2n) is 6.49. The minimum atomic E-state index is -3.89. The van der Waals surface area contributed by atoms with Crippen LogP contribution in [0.1, 0.15) is 17.3 Å². The second kappa shape index (κ2) is 9.09. The lowest BCUT2D eigenvalue weighted by Gasteiger charge is -2.26. The summed E-state index contributed by atoms with van der Waals surface area (Å²) in [5.74, 6) is -2.02. The molecule has 0 saturated carbocycles. The molecule has 2 aromatic carbocycles. The van der Waals surface area contributed by atoms with Crippen LogP contribution in [0.25, 0.3) is 0 Å². The van der Waals surface area contributed by atoms with Gasteiger partial charge in [0.2, 0.25) is 15.9 Å². The smallest absolute Gasteiger partial charge is 0.258 e. The number of anilines is 2. The first-order valence-corrected chi connectivity index (χ1v) is 10.8. The Morgan fingerprint density at radius 1 is 1.10 bits per heavy atom. The van der Waals surface area contributed by atoms with E-state index < -0.39 is 27.3 Å². The van der Waals surface area contributed by atoms with Gasteiger partial charge in [-0.25, -0.2) is 12.8 Å². The topological polar surface area (TPSA) is 105 Å². The van der Waals surface area contributed by atoms with E-state index in [9.17, 15) is 22.4 Å². The van der Waals surface area contributed by atoms with E-state index in [1.807, 2.05) is 0 Å². The molecular weight excluding hydrogens is 437 g/mol. The van der Waals surface area contributed by atoms with Crippen molar-refractivity contribution >= 4 is 44.8 Å². The maximum Gasteiger partial charge on any atom is 0.258 e. The largest absolute Gasteiger partial charge is 0.379 e. The minimum absolute atomic E-state index is 0.118. The van der Waals surface area contributed by atoms with Crippen molar-refractivity contribution in [3.05, 3.63) is 52.8 Å². The summed E-state index contributed by atoms with van der Waals surface area (Å²) < 4.78 is 46.2. The Kier molecular flexibility index (Phi) is 6.71. The first-order chi connectivity index (χ1) is 14.2. The van der Waals surface area contributed by atoms with E-state index in [4.69, 9.17) is 16.3 Å². The molecule has 0 bridgehead atoms. The van der Waals surface area contributed by atoms with Crippen LogP contribution in [0.3, 0.4) is 0 Å². The van der Waals surface area contributed by atoms with Gasteiger partial charge in [0.25, 0.3) is 5.91 Å². The van der Waals surface area contributed by atoms with Gasteiger partial charge in [-0.3, -0.25) is 9.59 Å². The number of benzene rings is 2. The van der Waals surface area contributed by atoms with E-state index >= 15 is 0 Å². The van der Waals surface area contributed by atoms with Gasteiger partial charge in [0.05, 0.1) is 34.4 Å². The van der Waals surface area contributed by atoms with Crippen LogP contribution in [0.2, 0.25) is 5.02 Å². The van der Waals surface area contributed by atoms with Gasteiger partial charge in [-0.15, -0.1) is 0 Å². The van der Waals surface area contributed by atoms with Crippen LogP contribution in [0.15, 0.2) is 41.3 Å². The van der Waals surface area contributed by atoms with Gasteiger partial charge >= 0.3 is 0 Å². The van der Waals surface area contributed by atoms with E-state index in [1.54, 1.807) is 0 Å². The highest BCUT2D eigenvalue weighted by Crippen LogP contribution is 2.27. The molecule has 2 amide bonds. The molecule has 2 N–H and O–H groups in total. The number of carbonyl (C=O) groups excluding carboxylic acids is 2. The van der Waals surface area contributed by atoms with E-state index in [0.29, 0.717) is 5.69 Å². The predicted octanol–water partition coefficient (Wildman–Crippen LogP) is 2.71. The summed E-state index contributed by atoms with van der Waals surface area (Å²) in [6, 6.07) is 7.43. The SMILES string of the molecule is CC(=O)Nc1ccc(NC(=O)c2cc(S(=O)(=O)N3CCOCC3)ccc2F)c(Cl)c1. The lowest BCUT2D eigenvalue weighted by molar-refractivity contribution is -0.114. The van der Waals surface area contributed by atoms with Crippen molar-refractivity contribution in [1.29, 1.82) is 0 Å². The van der Waals surface area contributed by atoms with Crippen molar-refractivity contribution in [1.82, 2.24) is 4.31 Å². The molecule has 160 valence electrons. The Labute approximate surface area is 178 Å². The summed E-state index contributed by atoms with van der Waals surface area (Å²) in [5.41, 5.74) is 0.165. The summed E-state index contributed by atoms with van der Waals surface area (Å²) in [4.78, 5) is 23.5. The van der Waals surface area contributed by atoms with Crippen molar-refractivity contribution in [2.75, 3.05) is 36.9 Å². The predicted molar refractivity (Wildman–Crippen MR) is 110 cm³/mol. The zero-order valence-electron chi connectivity index (χ0n) is 15.9. The molecule has 2 aromatic rings. The van der Waals surface area contributed by atoms with Crippen LogP contribution in [0, 0.1) is 5.82 Å². The Bertz CT molecular complexity index is 1090. The van der Waals surface area contributed by atoms with Gasteiger partial charge in [-0.05, 0) is 36.4 Å². The first kappa shape index (κ1) is 22.2. The van der Waals surface area contributed by atoms with Gasteiger partial charge in [0.1, 0.15) is 5.82 Å². The highest BCUT2D eigenvalue weighted by atomic mass is 35.5. The number of ether oxygens (including phenoxy) is 1. The molecule has 30 heavy (non-hydrogen) atoms. The van der Waals surface area contributed by atoms with Crippen molar-refractivity contribution in [2.24, 2.45) is 0 Å². The Morgan fingerprint density at radius 3 is 2.43 bits per heavy atom. The molecule has 0 radical (unpaired) electrons. The van der Waals surface area contributed by atoms with Crippen LogP contribution >= 0.6 is 11.6 Å². The number of hydrogen-bond acceptors (Lipinski definition) is 5. The average molecular weight is 456 g/mol. The van der Waals surface area contributed by atoms with Crippen molar-refractivity contribution in [3.8, 4) is 0 Å². The second-order valence-corrected chi connectivity index (χ2v) is 8.83. The molecule has 1 aliphatic rings. The van der Waals surface area contributed by atoms with Gasteiger partial charge < -0.3 is 15.4 Å². The number of carbonyl (C=O) groups is 2. The van der Waals surface area contributed by atoms with E-state index in [-0.39, 0.29) is 47.8 Å². The highest BCUT2D eigenvalue weighted by Gasteiger charge is 2.28. The number of morpholine rings is 1. The quantitative estimate of drug-likeness (QED) is 0.721. The molecular formula is C19H19ClFN3O5S. The summed E-state index contributed by atoms with van der Waals surface area (Å²) in [7, 11) is -3.89. The molecule has 1 aliphatic heterocycles. The van der Waals surface area contributed by atoms with Gasteiger partial charge in [-0.1, -0.05) is 11.6 Å². The monoisotopic (exact) mass is 455 g/mol. The van der Waals surface area contributed by atoms with Crippen molar-refractivity contribution < 1.29 is 27.1 Å². The number of nitrogens with one attached hydrogen (secondary N) is 2. The fourth-order valence-corrected chi connectivity index (χ4v) is 4.52. The number of amides is 2. The maximum atomic E-state index is 14.3. The van der Waals surface area contributed by atoms with Gasteiger partial charge in [-0.2, -0.15) is 4.31 Å². The molecule has 11 heteroatoms. The molecule has 1 fully saturated rings. The minimum Gasteiger partial charge on any atom is -0.379 e. The average Bonchev–Trinajstić information content (AvgIpc) is 2.70. The molecule has 0 spiro atoms. The molecule has 0 unspecified atom stereocenters. The molecule has 0 aromatic heterocycles. The normalized spacial score (nSPS) is 14.9. The number of nitrogens with zero attached hydrogens (tertiary/aromatic N) is 1. The summed E-state index contributed by atoms with van der Waals surface area (Å²) in [6.45, 7) is 2.22. The number of hydrogen-bond donors (Lipinski definition) is 2. The Morgan fingerprint density at radius 2 is 1.80 bits per heavy atom. The zero-order chi connectivity index (χ0) is 21.9. The Hall–Kier alpha value is -2.53. The highest BCUT2D eigenvalue weighted by molar-refractivity contribution is 7.89. The van der Waals surface area contributed by atoms with Gasteiger partial charge in [0.15, 0.2) is 0 Å². The molecule has 1 heterocycles. The third-order valence-corrected chi connectivity index (χ3v) is 6.54. The fourth-order valence-electron chi connectivity index (χ4n) is 2.86. The maximum absolute atomic E-state index is 14.3. The van der Waals surface area contributed by atoms with Crippen molar-refractivity contribution in [3.63, 3.8) is 0 Å². The summed E-state index contributed by atoms with van der Waals surface area (Å²) >= 11 is 6.12. The lowest BCUT2D eigenvalue weighted by atomic mass is 10.2. The van der Waals surface area contributed by atoms with Gasteiger partial charge in [0, 0.05) is 25.7 Å². The van der Waals surface area contributed by atoms with Crippen LogP contribution < -0.4 is 10.6 Å².